The Morgan fingerprint density at radius 3 is 1.35 bits per heavy atom. The van der Waals surface area contributed by atoms with Crippen LogP contribution in [0.2, 0.25) is 0 Å². The van der Waals surface area contributed by atoms with Gasteiger partial charge in [0.25, 0.3) is 0 Å². The standard InChI is InChI=1S/C36H58N4/c37-22-25-20-35(39-31-15-5-1-11-26(31)27-12-2-6-16-32(27)39)36(21-30(25)24-10-9-19-38-23-24)40-33-17-7-3-13-28(33)29-14-4-8-18-34(29)40/h24-36,38H,1-21,23H2. The minimum atomic E-state index is 0.266. The molecule has 0 amide bonds. The van der Waals surface area contributed by atoms with Gasteiger partial charge in [-0.25, -0.2) is 0 Å². The maximum absolute atomic E-state index is 10.7. The summed E-state index contributed by atoms with van der Waals surface area (Å²) in [6, 6.07) is 7.70. The molecule has 0 aromatic rings. The summed E-state index contributed by atoms with van der Waals surface area (Å²) in [4.78, 5) is 6.54. The van der Waals surface area contributed by atoms with E-state index in [4.69, 9.17) is 0 Å². The molecule has 3 heterocycles. The lowest BCUT2D eigenvalue weighted by Crippen LogP contribution is -2.63. The van der Waals surface area contributed by atoms with E-state index in [2.05, 4.69) is 21.2 Å². The smallest absolute Gasteiger partial charge is 0.0659 e. The fraction of sp³-hybridized carbons (Fsp3) is 0.972. The molecular weight excluding hydrogens is 488 g/mol. The van der Waals surface area contributed by atoms with Crippen molar-refractivity contribution in [3.8, 4) is 6.07 Å². The number of hydrogen-bond acceptors (Lipinski definition) is 4. The van der Waals surface area contributed by atoms with Gasteiger partial charge in [0.1, 0.15) is 0 Å². The summed E-state index contributed by atoms with van der Waals surface area (Å²) in [6.45, 7) is 2.35. The van der Waals surface area contributed by atoms with E-state index in [1.807, 2.05) is 0 Å². The van der Waals surface area contributed by atoms with E-state index in [0.29, 0.717) is 18.0 Å². The van der Waals surface area contributed by atoms with Crippen molar-refractivity contribution in [1.82, 2.24) is 15.1 Å². The van der Waals surface area contributed by atoms with Crippen LogP contribution in [0.4, 0.5) is 0 Å². The van der Waals surface area contributed by atoms with Gasteiger partial charge in [0.05, 0.1) is 12.0 Å². The maximum Gasteiger partial charge on any atom is 0.0659 e. The van der Waals surface area contributed by atoms with Crippen molar-refractivity contribution in [1.29, 1.82) is 5.26 Å². The molecule has 40 heavy (non-hydrogen) atoms. The molecule has 8 rings (SSSR count). The third-order valence-electron chi connectivity index (χ3n) is 14.6. The Labute approximate surface area is 245 Å². The van der Waals surface area contributed by atoms with E-state index >= 15 is 0 Å². The molecule has 0 aromatic heterocycles. The fourth-order valence-electron chi connectivity index (χ4n) is 13.3. The number of piperidine rings is 1. The summed E-state index contributed by atoms with van der Waals surface area (Å²) >= 11 is 0. The van der Waals surface area contributed by atoms with Crippen LogP contribution in [-0.2, 0) is 0 Å². The Kier molecular flexibility index (Phi) is 7.73. The predicted octanol–water partition coefficient (Wildman–Crippen LogP) is 7.14. The Balaban J connectivity index is 1.18. The van der Waals surface area contributed by atoms with Gasteiger partial charge in [-0.3, -0.25) is 9.80 Å². The van der Waals surface area contributed by atoms with Crippen molar-refractivity contribution in [2.24, 2.45) is 41.4 Å². The van der Waals surface area contributed by atoms with Crippen molar-refractivity contribution >= 4 is 0 Å². The maximum atomic E-state index is 10.7. The van der Waals surface area contributed by atoms with Gasteiger partial charge >= 0.3 is 0 Å². The lowest BCUT2D eigenvalue weighted by Gasteiger charge is -2.55. The van der Waals surface area contributed by atoms with Gasteiger partial charge in [-0.15, -0.1) is 0 Å². The molecule has 5 aliphatic carbocycles. The van der Waals surface area contributed by atoms with Gasteiger partial charge in [-0.1, -0.05) is 51.4 Å². The molecule has 4 nitrogen and oxygen atoms in total. The first kappa shape index (κ1) is 27.0. The predicted molar refractivity (Wildman–Crippen MR) is 162 cm³/mol. The Hall–Kier alpha value is -0.630. The number of fused-ring (bicyclic) bond motifs is 6. The summed E-state index contributed by atoms with van der Waals surface area (Å²) < 4.78 is 0. The number of likely N-dealkylation sites (tertiary alicyclic amines) is 2. The second-order valence-corrected chi connectivity index (χ2v) is 16.1. The van der Waals surface area contributed by atoms with Crippen molar-refractivity contribution < 1.29 is 0 Å². The van der Waals surface area contributed by atoms with Crippen LogP contribution in [0.3, 0.4) is 0 Å². The number of nitriles is 1. The summed E-state index contributed by atoms with van der Waals surface area (Å²) in [6.07, 6.45) is 28.8. The highest BCUT2D eigenvalue weighted by atomic mass is 15.3. The lowest BCUT2D eigenvalue weighted by molar-refractivity contribution is -0.0549. The lowest BCUT2D eigenvalue weighted by atomic mass is 9.66. The van der Waals surface area contributed by atoms with E-state index in [1.54, 1.807) is 0 Å². The molecule has 1 N–H and O–H groups in total. The van der Waals surface area contributed by atoms with E-state index in [0.717, 1.165) is 60.3 Å². The van der Waals surface area contributed by atoms with Crippen LogP contribution in [0.1, 0.15) is 128 Å². The van der Waals surface area contributed by atoms with Crippen LogP contribution in [0.5, 0.6) is 0 Å². The van der Waals surface area contributed by atoms with Gasteiger partial charge in [-0.05, 0) is 126 Å². The molecule has 5 saturated carbocycles. The average Bonchev–Trinajstić information content (AvgIpc) is 3.54. The molecule has 13 atom stereocenters. The van der Waals surface area contributed by atoms with E-state index in [9.17, 15) is 5.26 Å². The van der Waals surface area contributed by atoms with Gasteiger partial charge < -0.3 is 5.32 Å². The first-order valence-electron chi connectivity index (χ1n) is 18.5. The highest BCUT2D eigenvalue weighted by Gasteiger charge is 2.59. The molecule has 0 bridgehead atoms. The monoisotopic (exact) mass is 546 g/mol. The van der Waals surface area contributed by atoms with Crippen molar-refractivity contribution in [3.63, 3.8) is 0 Å². The summed E-state index contributed by atoms with van der Waals surface area (Å²) in [7, 11) is 0. The van der Waals surface area contributed by atoms with Crippen LogP contribution < -0.4 is 5.32 Å². The molecule has 8 fully saturated rings. The minimum Gasteiger partial charge on any atom is -0.316 e. The van der Waals surface area contributed by atoms with Crippen LogP contribution in [0.25, 0.3) is 0 Å². The van der Waals surface area contributed by atoms with E-state index < -0.39 is 0 Å². The normalized spacial score (nSPS) is 51.7. The largest absolute Gasteiger partial charge is 0.316 e. The second kappa shape index (κ2) is 11.5. The van der Waals surface area contributed by atoms with Gasteiger partial charge in [-0.2, -0.15) is 5.26 Å². The fourth-order valence-corrected chi connectivity index (χ4v) is 13.3. The zero-order chi connectivity index (χ0) is 26.6. The molecule has 0 spiro atoms. The van der Waals surface area contributed by atoms with E-state index in [1.165, 1.54) is 135 Å². The first-order chi connectivity index (χ1) is 19.8. The van der Waals surface area contributed by atoms with Crippen LogP contribution in [0.15, 0.2) is 0 Å². The molecule has 3 saturated heterocycles. The van der Waals surface area contributed by atoms with Crippen LogP contribution in [-0.4, -0.2) is 59.1 Å². The number of nitrogens with zero attached hydrogens (tertiary/aromatic N) is 3. The number of nitrogens with one attached hydrogen (secondary N) is 1. The van der Waals surface area contributed by atoms with Crippen LogP contribution in [0, 0.1) is 52.8 Å². The highest BCUT2D eigenvalue weighted by molar-refractivity contribution is 5.14. The number of hydrogen-bond donors (Lipinski definition) is 1. The Morgan fingerprint density at radius 2 is 0.925 bits per heavy atom. The van der Waals surface area contributed by atoms with Crippen molar-refractivity contribution in [3.05, 3.63) is 0 Å². The van der Waals surface area contributed by atoms with Crippen molar-refractivity contribution in [2.45, 2.75) is 165 Å². The van der Waals surface area contributed by atoms with Crippen molar-refractivity contribution in [2.75, 3.05) is 13.1 Å². The minimum absolute atomic E-state index is 0.266. The molecule has 0 radical (unpaired) electrons. The number of rotatable bonds is 3. The molecule has 222 valence electrons. The van der Waals surface area contributed by atoms with E-state index in [-0.39, 0.29) is 5.92 Å². The summed E-state index contributed by atoms with van der Waals surface area (Å²) in [5, 5.41) is 14.5. The molecule has 0 aromatic carbocycles. The van der Waals surface area contributed by atoms with Crippen LogP contribution >= 0.6 is 0 Å². The SMILES string of the molecule is N#CC1CC(N2C3CCCCC3C3CCCCC32)C(N2C3CCCCC3C3CCCCC32)CC1C1CCCNC1. The second-order valence-electron chi connectivity index (χ2n) is 16.1. The zero-order valence-corrected chi connectivity index (χ0v) is 25.4. The van der Waals surface area contributed by atoms with Gasteiger partial charge in [0, 0.05) is 36.3 Å². The Morgan fingerprint density at radius 1 is 0.475 bits per heavy atom. The highest BCUT2D eigenvalue weighted by Crippen LogP contribution is 2.56. The third-order valence-corrected chi connectivity index (χ3v) is 14.6. The topological polar surface area (TPSA) is 42.3 Å². The van der Waals surface area contributed by atoms with Gasteiger partial charge in [0.2, 0.25) is 0 Å². The third kappa shape index (κ3) is 4.45. The zero-order valence-electron chi connectivity index (χ0n) is 25.4. The Bertz CT molecular complexity index is 878. The average molecular weight is 547 g/mol. The molecule has 8 aliphatic rings. The summed E-state index contributed by atoms with van der Waals surface area (Å²) in [5.74, 6) is 5.47. The summed E-state index contributed by atoms with van der Waals surface area (Å²) in [5.41, 5.74) is 0. The quantitative estimate of drug-likeness (QED) is 0.409. The molecule has 13 unspecified atom stereocenters. The molecule has 4 heteroatoms. The molecule has 3 aliphatic heterocycles. The molecular formula is C36H58N4. The van der Waals surface area contributed by atoms with Gasteiger partial charge in [0.15, 0.2) is 0 Å². The first-order valence-corrected chi connectivity index (χ1v) is 18.5.